The highest BCUT2D eigenvalue weighted by atomic mass is 35.5. The van der Waals surface area contributed by atoms with Gasteiger partial charge in [0.2, 0.25) is 5.91 Å². The van der Waals surface area contributed by atoms with Crippen molar-refractivity contribution in [3.63, 3.8) is 0 Å². The Kier molecular flexibility index (Phi) is 10.7. The van der Waals surface area contributed by atoms with Crippen molar-refractivity contribution in [2.45, 2.75) is 25.4 Å². The number of nitrogens with one attached hydrogen (secondary N) is 2. The Morgan fingerprint density at radius 2 is 1.65 bits per heavy atom. The summed E-state index contributed by atoms with van der Waals surface area (Å²) in [6, 6.07) is 10.1. The van der Waals surface area contributed by atoms with Crippen LogP contribution in [0.1, 0.15) is 30.4 Å². The minimum absolute atomic E-state index is 0.0525. The van der Waals surface area contributed by atoms with Crippen LogP contribution in [-0.4, -0.2) is 61.0 Å². The summed E-state index contributed by atoms with van der Waals surface area (Å²) in [6.45, 7) is 3.83. The van der Waals surface area contributed by atoms with Crippen molar-refractivity contribution in [1.82, 2.24) is 15.1 Å². The van der Waals surface area contributed by atoms with Crippen LogP contribution in [0.2, 0.25) is 10.0 Å². The molecule has 0 spiro atoms. The number of hydrogen-bond donors (Lipinski definition) is 2. The van der Waals surface area contributed by atoms with Crippen LogP contribution in [0.4, 0.5) is 23.7 Å². The van der Waals surface area contributed by atoms with Crippen LogP contribution >= 0.6 is 23.2 Å². The Bertz CT molecular complexity index is 1090. The van der Waals surface area contributed by atoms with Crippen LogP contribution in [0.15, 0.2) is 48.5 Å². The van der Waals surface area contributed by atoms with Gasteiger partial charge in [-0.2, -0.15) is 13.2 Å². The maximum Gasteiger partial charge on any atom is 0.417 e. The number of piperazine rings is 1. The number of benzene rings is 2. The molecule has 2 N–H and O–H groups in total. The van der Waals surface area contributed by atoms with Gasteiger partial charge >= 0.3 is 12.2 Å². The number of halogens is 5. The van der Waals surface area contributed by atoms with E-state index < -0.39 is 22.8 Å². The number of carbonyl (C=O) groups is 2. The fourth-order valence-corrected chi connectivity index (χ4v) is 4.20. The molecule has 0 aromatic heterocycles. The first-order valence-corrected chi connectivity index (χ1v) is 12.7. The summed E-state index contributed by atoms with van der Waals surface area (Å²) in [7, 11) is 0. The number of carbonyl (C=O) groups excluding carboxylic acids is 2. The first-order valence-electron chi connectivity index (χ1n) is 12.0. The Hall–Kier alpha value is -2.75. The van der Waals surface area contributed by atoms with Crippen molar-refractivity contribution in [1.29, 1.82) is 0 Å². The first kappa shape index (κ1) is 28.8. The highest BCUT2D eigenvalue weighted by Crippen LogP contribution is 2.36. The molecule has 1 aliphatic heterocycles. The molecule has 3 amide bonds. The Morgan fingerprint density at radius 3 is 2.32 bits per heavy atom. The molecule has 2 aromatic rings. The molecule has 2 aromatic carbocycles. The number of anilines is 1. The van der Waals surface area contributed by atoms with Crippen LogP contribution in [0.3, 0.4) is 0 Å². The summed E-state index contributed by atoms with van der Waals surface area (Å²) in [5.74, 6) is -0.141. The smallest absolute Gasteiger partial charge is 0.353 e. The van der Waals surface area contributed by atoms with Gasteiger partial charge in [-0.1, -0.05) is 41.8 Å². The average Bonchev–Trinajstić information content (AvgIpc) is 2.86. The van der Waals surface area contributed by atoms with Gasteiger partial charge in [-0.3, -0.25) is 9.69 Å². The summed E-state index contributed by atoms with van der Waals surface area (Å²) < 4.78 is 39.1. The Labute approximate surface area is 224 Å². The predicted molar refractivity (Wildman–Crippen MR) is 141 cm³/mol. The maximum absolute atomic E-state index is 13.0. The average molecular weight is 557 g/mol. The molecule has 0 atom stereocenters. The molecular formula is C26H29Cl2F3N4O2. The number of amides is 3. The van der Waals surface area contributed by atoms with Gasteiger partial charge in [-0.25, -0.2) is 4.79 Å². The van der Waals surface area contributed by atoms with Crippen LogP contribution in [0, 0.1) is 0 Å². The number of rotatable bonds is 9. The molecule has 0 bridgehead atoms. The second-order valence-corrected chi connectivity index (χ2v) is 9.53. The topological polar surface area (TPSA) is 64.7 Å². The van der Waals surface area contributed by atoms with Crippen molar-refractivity contribution in [2.75, 3.05) is 44.6 Å². The molecule has 11 heteroatoms. The summed E-state index contributed by atoms with van der Waals surface area (Å²) in [4.78, 5) is 28.2. The van der Waals surface area contributed by atoms with E-state index in [9.17, 15) is 22.8 Å². The quantitative estimate of drug-likeness (QED) is 0.287. The lowest BCUT2D eigenvalue weighted by atomic mass is 10.2. The lowest BCUT2D eigenvalue weighted by Gasteiger charge is -2.34. The predicted octanol–water partition coefficient (Wildman–Crippen LogP) is 6.16. The van der Waals surface area contributed by atoms with Gasteiger partial charge < -0.3 is 15.5 Å². The van der Waals surface area contributed by atoms with E-state index in [1.54, 1.807) is 23.1 Å². The van der Waals surface area contributed by atoms with E-state index in [4.69, 9.17) is 23.2 Å². The second-order valence-electron chi connectivity index (χ2n) is 8.69. The molecule has 0 radical (unpaired) electrons. The number of unbranched alkanes of at least 4 members (excludes halogenated alkanes) is 2. The van der Waals surface area contributed by atoms with Crippen LogP contribution < -0.4 is 10.6 Å². The fourth-order valence-electron chi connectivity index (χ4n) is 3.85. The third-order valence-corrected chi connectivity index (χ3v) is 6.51. The van der Waals surface area contributed by atoms with Gasteiger partial charge in [0.25, 0.3) is 0 Å². The maximum atomic E-state index is 13.0. The number of urea groups is 1. The van der Waals surface area contributed by atoms with Crippen molar-refractivity contribution in [3.05, 3.63) is 69.7 Å². The SMILES string of the molecule is O=C(/C=C/c1ccc(Cl)cc1)NCCCCCN1CCN(C(=O)Nc2ccc(Cl)c(C(F)(F)F)c2)CC1. The summed E-state index contributed by atoms with van der Waals surface area (Å²) in [6.07, 6.45) is 1.43. The number of nitrogens with zero attached hydrogens (tertiary/aromatic N) is 2. The Morgan fingerprint density at radius 1 is 0.946 bits per heavy atom. The zero-order chi connectivity index (χ0) is 26.8. The third-order valence-electron chi connectivity index (χ3n) is 5.93. The first-order chi connectivity index (χ1) is 17.6. The van der Waals surface area contributed by atoms with E-state index in [1.165, 1.54) is 12.1 Å². The molecule has 6 nitrogen and oxygen atoms in total. The molecule has 0 aliphatic carbocycles. The molecule has 3 rings (SSSR count). The van der Waals surface area contributed by atoms with E-state index in [1.807, 2.05) is 12.1 Å². The standard InChI is InChI=1S/C26H29Cl2F3N4O2/c27-20-7-4-19(5-8-20)6-11-24(36)32-12-2-1-3-13-34-14-16-35(17-15-34)25(37)33-21-9-10-23(28)22(18-21)26(29,30)31/h4-11,18H,1-3,12-17H2,(H,32,36)(H,33,37)/b11-6+. The largest absolute Gasteiger partial charge is 0.417 e. The lowest BCUT2D eigenvalue weighted by Crippen LogP contribution is -2.50. The molecule has 1 fully saturated rings. The van der Waals surface area contributed by atoms with E-state index in [0.29, 0.717) is 37.7 Å². The van der Waals surface area contributed by atoms with Crippen molar-refractivity contribution >= 4 is 46.9 Å². The minimum Gasteiger partial charge on any atom is -0.353 e. The fraction of sp³-hybridized carbons (Fsp3) is 0.385. The van der Waals surface area contributed by atoms with Crippen LogP contribution in [-0.2, 0) is 11.0 Å². The monoisotopic (exact) mass is 556 g/mol. The molecule has 1 aliphatic rings. The molecular weight excluding hydrogens is 528 g/mol. The van der Waals surface area contributed by atoms with Gasteiger partial charge in [0.1, 0.15) is 0 Å². The highest BCUT2D eigenvalue weighted by Gasteiger charge is 2.33. The van der Waals surface area contributed by atoms with E-state index in [0.717, 1.165) is 43.5 Å². The van der Waals surface area contributed by atoms with E-state index in [2.05, 4.69) is 15.5 Å². The molecule has 1 heterocycles. The lowest BCUT2D eigenvalue weighted by molar-refractivity contribution is -0.137. The van der Waals surface area contributed by atoms with Crippen molar-refractivity contribution < 1.29 is 22.8 Å². The Balaban J connectivity index is 1.28. The van der Waals surface area contributed by atoms with Gasteiger partial charge in [-0.05, 0) is 61.4 Å². The number of alkyl halides is 3. The zero-order valence-corrected chi connectivity index (χ0v) is 21.7. The van der Waals surface area contributed by atoms with Gasteiger partial charge in [-0.15, -0.1) is 0 Å². The zero-order valence-electron chi connectivity index (χ0n) is 20.2. The summed E-state index contributed by atoms with van der Waals surface area (Å²) >= 11 is 11.5. The summed E-state index contributed by atoms with van der Waals surface area (Å²) in [5, 5.41) is 5.63. The minimum atomic E-state index is -4.59. The highest BCUT2D eigenvalue weighted by molar-refractivity contribution is 6.31. The van der Waals surface area contributed by atoms with Crippen LogP contribution in [0.25, 0.3) is 6.08 Å². The molecule has 200 valence electrons. The molecule has 1 saturated heterocycles. The molecule has 37 heavy (non-hydrogen) atoms. The van der Waals surface area contributed by atoms with Gasteiger partial charge in [0.05, 0.1) is 10.6 Å². The molecule has 0 unspecified atom stereocenters. The van der Waals surface area contributed by atoms with Crippen molar-refractivity contribution in [3.8, 4) is 0 Å². The van der Waals surface area contributed by atoms with Gasteiger partial charge in [0.15, 0.2) is 0 Å². The second kappa shape index (κ2) is 13.7. The van der Waals surface area contributed by atoms with Crippen molar-refractivity contribution in [2.24, 2.45) is 0 Å². The molecule has 0 saturated carbocycles. The normalized spacial score (nSPS) is 14.7. The van der Waals surface area contributed by atoms with E-state index in [-0.39, 0.29) is 11.6 Å². The summed E-state index contributed by atoms with van der Waals surface area (Å²) in [5.41, 5.74) is -0.0276. The number of hydrogen-bond acceptors (Lipinski definition) is 3. The third kappa shape index (κ3) is 9.57. The van der Waals surface area contributed by atoms with E-state index >= 15 is 0 Å². The van der Waals surface area contributed by atoms with Crippen LogP contribution in [0.5, 0.6) is 0 Å². The van der Waals surface area contributed by atoms with Gasteiger partial charge in [0, 0.05) is 49.5 Å².